The second kappa shape index (κ2) is 7.02. The molecule has 1 fully saturated rings. The summed E-state index contributed by atoms with van der Waals surface area (Å²) in [6.45, 7) is 6.72. The molecule has 1 N–H and O–H groups in total. The minimum atomic E-state index is -0.0557. The van der Waals surface area contributed by atoms with Gasteiger partial charge in [0.05, 0.1) is 0 Å². The van der Waals surface area contributed by atoms with Crippen molar-refractivity contribution in [1.82, 2.24) is 20.4 Å². The van der Waals surface area contributed by atoms with Gasteiger partial charge in [-0.1, -0.05) is 19.0 Å². The first-order chi connectivity index (χ1) is 10.0. The van der Waals surface area contributed by atoms with Crippen LogP contribution in [0.15, 0.2) is 4.52 Å². The molecule has 1 aromatic rings. The minimum absolute atomic E-state index is 0.00249. The molecule has 1 aliphatic rings. The standard InChI is InChI=1S/C15H26N4O2/c1-10(2)15(20)19-8-6-5-7-12(19)14-17-13(18-21-14)9-11(3)16-4/h10-12,16H,5-9H2,1-4H3. The highest BCUT2D eigenvalue weighted by Gasteiger charge is 2.33. The zero-order valence-corrected chi connectivity index (χ0v) is 13.4. The van der Waals surface area contributed by atoms with Gasteiger partial charge in [0, 0.05) is 24.9 Å². The monoisotopic (exact) mass is 294 g/mol. The molecule has 2 atom stereocenters. The molecule has 0 spiro atoms. The third-order valence-electron chi connectivity index (χ3n) is 4.03. The van der Waals surface area contributed by atoms with Crippen LogP contribution in [0.25, 0.3) is 0 Å². The zero-order valence-electron chi connectivity index (χ0n) is 13.4. The lowest BCUT2D eigenvalue weighted by molar-refractivity contribution is -0.139. The lowest BCUT2D eigenvalue weighted by atomic mass is 10.00. The zero-order chi connectivity index (χ0) is 15.4. The number of amides is 1. The van der Waals surface area contributed by atoms with E-state index in [1.54, 1.807) is 0 Å². The molecule has 0 aliphatic carbocycles. The summed E-state index contributed by atoms with van der Waals surface area (Å²) in [6, 6.07) is 0.245. The average molecular weight is 294 g/mol. The summed E-state index contributed by atoms with van der Waals surface area (Å²) in [5, 5.41) is 7.21. The Balaban J connectivity index is 2.12. The molecule has 0 aromatic carbocycles. The molecule has 6 heteroatoms. The van der Waals surface area contributed by atoms with Crippen molar-refractivity contribution in [1.29, 1.82) is 0 Å². The largest absolute Gasteiger partial charge is 0.337 e. The highest BCUT2D eigenvalue weighted by molar-refractivity contribution is 5.78. The number of carbonyl (C=O) groups excluding carboxylic acids is 1. The van der Waals surface area contributed by atoms with Crippen molar-refractivity contribution in [3.8, 4) is 0 Å². The number of hydrogen-bond donors (Lipinski definition) is 1. The van der Waals surface area contributed by atoms with Gasteiger partial charge >= 0.3 is 0 Å². The molecular weight excluding hydrogens is 268 g/mol. The van der Waals surface area contributed by atoms with Crippen LogP contribution in [0.2, 0.25) is 0 Å². The van der Waals surface area contributed by atoms with Gasteiger partial charge in [-0.2, -0.15) is 4.98 Å². The number of nitrogens with zero attached hydrogens (tertiary/aromatic N) is 3. The second-order valence-corrected chi connectivity index (χ2v) is 6.14. The van der Waals surface area contributed by atoms with E-state index in [2.05, 4.69) is 22.4 Å². The molecule has 2 heterocycles. The van der Waals surface area contributed by atoms with Crippen LogP contribution in [-0.4, -0.2) is 40.6 Å². The Morgan fingerprint density at radius 3 is 2.86 bits per heavy atom. The van der Waals surface area contributed by atoms with Crippen LogP contribution in [0.3, 0.4) is 0 Å². The number of carbonyl (C=O) groups is 1. The van der Waals surface area contributed by atoms with E-state index in [4.69, 9.17) is 4.52 Å². The fourth-order valence-electron chi connectivity index (χ4n) is 2.65. The van der Waals surface area contributed by atoms with Crippen molar-refractivity contribution in [3.05, 3.63) is 11.7 Å². The molecule has 118 valence electrons. The van der Waals surface area contributed by atoms with Crippen molar-refractivity contribution < 1.29 is 9.32 Å². The third kappa shape index (κ3) is 3.81. The molecule has 0 bridgehead atoms. The quantitative estimate of drug-likeness (QED) is 0.898. The van der Waals surface area contributed by atoms with Gasteiger partial charge in [0.25, 0.3) is 0 Å². The Morgan fingerprint density at radius 1 is 1.43 bits per heavy atom. The SMILES string of the molecule is CNC(C)Cc1noc(C2CCCCN2C(=O)C(C)C)n1. The maximum Gasteiger partial charge on any atom is 0.249 e. The van der Waals surface area contributed by atoms with Crippen LogP contribution in [0.5, 0.6) is 0 Å². The summed E-state index contributed by atoms with van der Waals surface area (Å²) >= 11 is 0. The number of hydrogen-bond acceptors (Lipinski definition) is 5. The van der Waals surface area contributed by atoms with Crippen molar-refractivity contribution in [2.24, 2.45) is 5.92 Å². The number of aromatic nitrogens is 2. The Labute approximate surface area is 126 Å². The molecule has 1 aromatic heterocycles. The number of rotatable bonds is 5. The van der Waals surface area contributed by atoms with Gasteiger partial charge in [0.2, 0.25) is 11.8 Å². The van der Waals surface area contributed by atoms with E-state index in [9.17, 15) is 4.79 Å². The molecule has 2 rings (SSSR count). The smallest absolute Gasteiger partial charge is 0.249 e. The van der Waals surface area contributed by atoms with E-state index in [0.29, 0.717) is 17.8 Å². The van der Waals surface area contributed by atoms with Crippen molar-refractivity contribution in [2.45, 2.75) is 58.5 Å². The van der Waals surface area contributed by atoms with Gasteiger partial charge in [-0.3, -0.25) is 4.79 Å². The molecular formula is C15H26N4O2. The van der Waals surface area contributed by atoms with E-state index in [-0.39, 0.29) is 17.9 Å². The highest BCUT2D eigenvalue weighted by Crippen LogP contribution is 2.31. The van der Waals surface area contributed by atoms with E-state index < -0.39 is 0 Å². The Morgan fingerprint density at radius 2 is 2.19 bits per heavy atom. The first-order valence-corrected chi connectivity index (χ1v) is 7.83. The summed E-state index contributed by atoms with van der Waals surface area (Å²) in [5.74, 6) is 1.46. The first kappa shape index (κ1) is 15.9. The summed E-state index contributed by atoms with van der Waals surface area (Å²) in [4.78, 5) is 18.8. The van der Waals surface area contributed by atoms with Crippen LogP contribution >= 0.6 is 0 Å². The summed E-state index contributed by atoms with van der Waals surface area (Å²) in [6.07, 6.45) is 3.77. The van der Waals surface area contributed by atoms with Crippen molar-refractivity contribution in [2.75, 3.05) is 13.6 Å². The summed E-state index contributed by atoms with van der Waals surface area (Å²) in [5.41, 5.74) is 0. The topological polar surface area (TPSA) is 71.3 Å². The predicted octanol–water partition coefficient (Wildman–Crippen LogP) is 1.93. The first-order valence-electron chi connectivity index (χ1n) is 7.83. The Kier molecular flexibility index (Phi) is 5.33. The number of likely N-dealkylation sites (tertiary alicyclic amines) is 1. The number of likely N-dealkylation sites (N-methyl/N-ethyl adjacent to an activating group) is 1. The summed E-state index contributed by atoms with van der Waals surface area (Å²) < 4.78 is 5.43. The molecule has 1 saturated heterocycles. The van der Waals surface area contributed by atoms with Crippen molar-refractivity contribution in [3.63, 3.8) is 0 Å². The Bertz CT molecular complexity index is 472. The Hall–Kier alpha value is -1.43. The molecule has 1 amide bonds. The minimum Gasteiger partial charge on any atom is -0.337 e. The average Bonchev–Trinajstić information content (AvgIpc) is 2.94. The van der Waals surface area contributed by atoms with Crippen LogP contribution in [0.1, 0.15) is 57.8 Å². The van der Waals surface area contributed by atoms with Gasteiger partial charge in [-0.15, -0.1) is 0 Å². The summed E-state index contributed by atoms with van der Waals surface area (Å²) in [7, 11) is 1.91. The number of piperidine rings is 1. The van der Waals surface area contributed by atoms with E-state index in [1.165, 1.54) is 0 Å². The molecule has 2 unspecified atom stereocenters. The lowest BCUT2D eigenvalue weighted by Gasteiger charge is -2.34. The maximum atomic E-state index is 12.3. The van der Waals surface area contributed by atoms with Gasteiger partial charge in [-0.25, -0.2) is 0 Å². The molecule has 6 nitrogen and oxygen atoms in total. The van der Waals surface area contributed by atoms with E-state index in [0.717, 1.165) is 32.2 Å². The lowest BCUT2D eigenvalue weighted by Crippen LogP contribution is -2.40. The van der Waals surface area contributed by atoms with Gasteiger partial charge in [-0.05, 0) is 33.2 Å². The highest BCUT2D eigenvalue weighted by atomic mass is 16.5. The van der Waals surface area contributed by atoms with E-state index in [1.807, 2.05) is 25.8 Å². The maximum absolute atomic E-state index is 12.3. The van der Waals surface area contributed by atoms with Crippen molar-refractivity contribution >= 4 is 5.91 Å². The predicted molar refractivity (Wildman–Crippen MR) is 79.7 cm³/mol. The second-order valence-electron chi connectivity index (χ2n) is 6.14. The normalized spacial score (nSPS) is 20.8. The van der Waals surface area contributed by atoms with Gasteiger partial charge in [0.15, 0.2) is 5.82 Å². The molecule has 0 saturated carbocycles. The fraction of sp³-hybridized carbons (Fsp3) is 0.800. The van der Waals surface area contributed by atoms with Gasteiger partial charge in [0.1, 0.15) is 6.04 Å². The fourth-order valence-corrected chi connectivity index (χ4v) is 2.65. The van der Waals surface area contributed by atoms with Crippen LogP contribution < -0.4 is 5.32 Å². The molecule has 1 aliphatic heterocycles. The number of nitrogens with one attached hydrogen (secondary N) is 1. The van der Waals surface area contributed by atoms with Gasteiger partial charge < -0.3 is 14.7 Å². The third-order valence-corrected chi connectivity index (χ3v) is 4.03. The van der Waals surface area contributed by atoms with Crippen LogP contribution in [0, 0.1) is 5.92 Å². The van der Waals surface area contributed by atoms with Crippen LogP contribution in [0.4, 0.5) is 0 Å². The van der Waals surface area contributed by atoms with E-state index >= 15 is 0 Å². The molecule has 21 heavy (non-hydrogen) atoms. The molecule has 0 radical (unpaired) electrons. The van der Waals surface area contributed by atoms with Crippen LogP contribution in [-0.2, 0) is 11.2 Å².